The molecule has 134 valence electrons. The van der Waals surface area contributed by atoms with Gasteiger partial charge in [0.1, 0.15) is 0 Å². The van der Waals surface area contributed by atoms with Crippen LogP contribution in [0.2, 0.25) is 0 Å². The summed E-state index contributed by atoms with van der Waals surface area (Å²) in [4.78, 5) is 17.4. The van der Waals surface area contributed by atoms with Crippen LogP contribution in [0.1, 0.15) is 38.2 Å². The van der Waals surface area contributed by atoms with Crippen molar-refractivity contribution in [3.8, 4) is 0 Å². The fourth-order valence-corrected chi connectivity index (χ4v) is 4.16. The summed E-state index contributed by atoms with van der Waals surface area (Å²) in [5.41, 5.74) is 13.1. The van der Waals surface area contributed by atoms with Gasteiger partial charge < -0.3 is 21.0 Å². The van der Waals surface area contributed by atoms with Gasteiger partial charge in [-0.3, -0.25) is 4.79 Å². The summed E-state index contributed by atoms with van der Waals surface area (Å²) in [6, 6.07) is 6.68. The molecule has 1 aromatic rings. The molecule has 3 N–H and O–H groups in total. The second-order valence-electron chi connectivity index (χ2n) is 7.34. The van der Waals surface area contributed by atoms with E-state index in [1.54, 1.807) is 0 Å². The van der Waals surface area contributed by atoms with E-state index in [1.807, 2.05) is 4.90 Å². The van der Waals surface area contributed by atoms with E-state index in [0.29, 0.717) is 13.1 Å². The van der Waals surface area contributed by atoms with E-state index in [4.69, 9.17) is 5.73 Å². The van der Waals surface area contributed by atoms with Gasteiger partial charge in [0.05, 0.1) is 17.3 Å². The van der Waals surface area contributed by atoms with E-state index in [9.17, 15) is 4.79 Å². The van der Waals surface area contributed by atoms with Crippen molar-refractivity contribution >= 4 is 23.0 Å². The van der Waals surface area contributed by atoms with Gasteiger partial charge in [-0.15, -0.1) is 0 Å². The molecule has 1 amide bonds. The lowest BCUT2D eigenvalue weighted by molar-refractivity contribution is -0.121. The van der Waals surface area contributed by atoms with Gasteiger partial charge in [-0.1, -0.05) is 0 Å². The zero-order valence-corrected chi connectivity index (χ0v) is 14.9. The lowest BCUT2D eigenvalue weighted by Gasteiger charge is -2.38. The Bertz CT molecular complexity index is 695. The quantitative estimate of drug-likeness (QED) is 0.874. The zero-order chi connectivity index (χ0) is 17.4. The summed E-state index contributed by atoms with van der Waals surface area (Å²) in [6.07, 6.45) is 4.11. The Morgan fingerprint density at radius 2 is 2.12 bits per heavy atom. The first-order chi connectivity index (χ1) is 12.2. The molecule has 25 heavy (non-hydrogen) atoms. The third kappa shape index (κ3) is 2.88. The Kier molecular flexibility index (Phi) is 4.37. The van der Waals surface area contributed by atoms with E-state index in [0.717, 1.165) is 42.9 Å². The molecule has 6 heteroatoms. The highest BCUT2D eigenvalue weighted by atomic mass is 16.2. The highest BCUT2D eigenvalue weighted by Crippen LogP contribution is 2.37. The Hall–Kier alpha value is -2.08. The molecule has 3 aliphatic heterocycles. The Balaban J connectivity index is 1.77. The molecule has 1 aromatic carbocycles. The number of amides is 1. The van der Waals surface area contributed by atoms with E-state index >= 15 is 0 Å². The number of carbonyl (C=O) groups is 1. The van der Waals surface area contributed by atoms with Crippen molar-refractivity contribution in [1.29, 1.82) is 0 Å². The lowest BCUT2D eigenvalue weighted by Crippen LogP contribution is -2.50. The van der Waals surface area contributed by atoms with Crippen LogP contribution in [0, 0.1) is 5.92 Å². The van der Waals surface area contributed by atoms with Crippen LogP contribution in [0.15, 0.2) is 23.3 Å². The Labute approximate surface area is 149 Å². The van der Waals surface area contributed by atoms with Gasteiger partial charge in [-0.2, -0.15) is 5.10 Å². The molecule has 1 saturated heterocycles. The van der Waals surface area contributed by atoms with E-state index < -0.39 is 0 Å². The van der Waals surface area contributed by atoms with Crippen LogP contribution in [-0.4, -0.2) is 43.8 Å². The summed E-state index contributed by atoms with van der Waals surface area (Å²) in [6.45, 7) is 5.57. The van der Waals surface area contributed by atoms with Crippen molar-refractivity contribution in [3.05, 3.63) is 23.8 Å². The molecule has 6 nitrogen and oxygen atoms in total. The van der Waals surface area contributed by atoms with Crippen molar-refractivity contribution in [2.24, 2.45) is 16.8 Å². The number of hydrogen-bond acceptors (Lipinski definition) is 5. The van der Waals surface area contributed by atoms with E-state index in [1.165, 1.54) is 18.5 Å². The molecule has 3 aliphatic rings. The highest BCUT2D eigenvalue weighted by molar-refractivity contribution is 6.24. The molecule has 0 saturated carbocycles. The summed E-state index contributed by atoms with van der Waals surface area (Å²) in [5.74, 6) is 0.0253. The number of fused-ring (bicyclic) bond motifs is 3. The predicted molar refractivity (Wildman–Crippen MR) is 101 cm³/mol. The van der Waals surface area contributed by atoms with Gasteiger partial charge >= 0.3 is 0 Å². The van der Waals surface area contributed by atoms with Crippen molar-refractivity contribution < 1.29 is 4.79 Å². The van der Waals surface area contributed by atoms with Crippen molar-refractivity contribution in [2.75, 3.05) is 36.0 Å². The smallest absolute Gasteiger partial charge is 0.236 e. The number of anilines is 2. The molecule has 2 unspecified atom stereocenters. The molecule has 3 heterocycles. The Morgan fingerprint density at radius 3 is 2.88 bits per heavy atom. The van der Waals surface area contributed by atoms with Gasteiger partial charge in [0.15, 0.2) is 0 Å². The minimum atomic E-state index is -0.143. The van der Waals surface area contributed by atoms with Gasteiger partial charge in [0, 0.05) is 36.9 Å². The fraction of sp³-hybridized carbons (Fsp3) is 0.579. The minimum Gasteiger partial charge on any atom is -0.372 e. The standard InChI is InChI=1S/C19H27N5O/c1-13-11-16-18(22-21-13)15-12-14(23-8-2-3-9-23)5-6-17(15)24(19(16)25)10-4-7-20/h5-6,12-13,16,21H,2-4,7-11,20H2,1H3. The van der Waals surface area contributed by atoms with Gasteiger partial charge in [0.25, 0.3) is 0 Å². The first-order valence-electron chi connectivity index (χ1n) is 9.43. The minimum absolute atomic E-state index is 0.143. The third-order valence-electron chi connectivity index (χ3n) is 5.49. The maximum Gasteiger partial charge on any atom is 0.236 e. The third-order valence-corrected chi connectivity index (χ3v) is 5.49. The van der Waals surface area contributed by atoms with Crippen LogP contribution in [0.25, 0.3) is 0 Å². The normalized spacial score (nSPS) is 25.4. The van der Waals surface area contributed by atoms with E-state index in [2.05, 4.69) is 40.5 Å². The molecule has 0 spiro atoms. The lowest BCUT2D eigenvalue weighted by atomic mass is 9.84. The molecule has 0 aliphatic carbocycles. The number of nitrogens with zero attached hydrogens (tertiary/aromatic N) is 3. The van der Waals surface area contributed by atoms with Gasteiger partial charge in [0.2, 0.25) is 5.91 Å². The number of nitrogens with two attached hydrogens (primary N) is 1. The monoisotopic (exact) mass is 341 g/mol. The van der Waals surface area contributed by atoms with Gasteiger partial charge in [-0.25, -0.2) is 0 Å². The second kappa shape index (κ2) is 6.67. The number of hydrazone groups is 1. The molecule has 0 bridgehead atoms. The van der Waals surface area contributed by atoms with E-state index in [-0.39, 0.29) is 17.9 Å². The highest BCUT2D eigenvalue weighted by Gasteiger charge is 2.40. The zero-order valence-electron chi connectivity index (χ0n) is 14.9. The first-order valence-corrected chi connectivity index (χ1v) is 9.43. The SMILES string of the molecule is CC1CC2C(=O)N(CCCN)c3ccc(N4CCCC4)cc3C2=NN1. The largest absolute Gasteiger partial charge is 0.372 e. The summed E-state index contributed by atoms with van der Waals surface area (Å²) in [5, 5.41) is 4.58. The van der Waals surface area contributed by atoms with Crippen LogP contribution in [0.4, 0.5) is 11.4 Å². The molecular formula is C19H27N5O. The maximum atomic E-state index is 13.1. The number of nitrogens with one attached hydrogen (secondary N) is 1. The number of hydrogen-bond donors (Lipinski definition) is 2. The Morgan fingerprint density at radius 1 is 1.32 bits per heavy atom. The molecule has 2 atom stereocenters. The van der Waals surface area contributed by atoms with Gasteiger partial charge in [-0.05, 0) is 57.4 Å². The van der Waals surface area contributed by atoms with Crippen molar-refractivity contribution in [1.82, 2.24) is 5.43 Å². The van der Waals surface area contributed by atoms with Crippen LogP contribution < -0.4 is 21.0 Å². The number of benzene rings is 1. The average Bonchev–Trinajstić information content (AvgIpc) is 3.16. The number of rotatable bonds is 4. The number of carbonyl (C=O) groups excluding carboxylic acids is 1. The summed E-state index contributed by atoms with van der Waals surface area (Å²) in [7, 11) is 0. The predicted octanol–water partition coefficient (Wildman–Crippen LogP) is 1.68. The van der Waals surface area contributed by atoms with Crippen LogP contribution >= 0.6 is 0 Å². The molecule has 4 rings (SSSR count). The second-order valence-corrected chi connectivity index (χ2v) is 7.34. The first kappa shape index (κ1) is 16.4. The molecule has 0 radical (unpaired) electrons. The van der Waals surface area contributed by atoms with Crippen LogP contribution in [0.3, 0.4) is 0 Å². The maximum absolute atomic E-state index is 13.1. The fourth-order valence-electron chi connectivity index (χ4n) is 4.16. The average molecular weight is 341 g/mol. The topological polar surface area (TPSA) is 74.0 Å². The van der Waals surface area contributed by atoms with Crippen molar-refractivity contribution in [3.63, 3.8) is 0 Å². The molecule has 0 aromatic heterocycles. The summed E-state index contributed by atoms with van der Waals surface area (Å²) >= 11 is 0. The van der Waals surface area contributed by atoms with Crippen LogP contribution in [-0.2, 0) is 4.79 Å². The molecule has 1 fully saturated rings. The van der Waals surface area contributed by atoms with Crippen LogP contribution in [0.5, 0.6) is 0 Å². The van der Waals surface area contributed by atoms with Crippen molar-refractivity contribution in [2.45, 2.75) is 38.6 Å². The molecular weight excluding hydrogens is 314 g/mol. The summed E-state index contributed by atoms with van der Waals surface area (Å²) < 4.78 is 0.